The third-order valence-electron chi connectivity index (χ3n) is 4.48. The van der Waals surface area contributed by atoms with Crippen LogP contribution >= 0.6 is 11.3 Å². The smallest absolute Gasteiger partial charge is 0.264 e. The summed E-state index contributed by atoms with van der Waals surface area (Å²) in [5, 5.41) is 17.0. The number of aromatic nitrogens is 2. The summed E-state index contributed by atoms with van der Waals surface area (Å²) in [6, 6.07) is 14.8. The molecule has 0 aliphatic rings. The first kappa shape index (κ1) is 18.2. The zero-order chi connectivity index (χ0) is 19.5. The van der Waals surface area contributed by atoms with E-state index in [1.54, 1.807) is 6.20 Å². The van der Waals surface area contributed by atoms with E-state index in [4.69, 9.17) is 0 Å². The van der Waals surface area contributed by atoms with Gasteiger partial charge in [0.25, 0.3) is 5.91 Å². The Morgan fingerprint density at radius 1 is 1.21 bits per heavy atom. The predicted molar refractivity (Wildman–Crippen MR) is 112 cm³/mol. The molecule has 28 heavy (non-hydrogen) atoms. The van der Waals surface area contributed by atoms with Crippen molar-refractivity contribution in [2.75, 3.05) is 11.9 Å². The van der Waals surface area contributed by atoms with E-state index in [1.807, 2.05) is 61.7 Å². The number of hydrogen-bond acceptors (Lipinski definition) is 5. The van der Waals surface area contributed by atoms with Crippen LogP contribution in [-0.4, -0.2) is 27.6 Å². The maximum absolute atomic E-state index is 13.0. The second kappa shape index (κ2) is 7.84. The highest BCUT2D eigenvalue weighted by atomic mass is 32.1. The van der Waals surface area contributed by atoms with E-state index in [0.29, 0.717) is 4.88 Å². The Morgan fingerprint density at radius 3 is 2.82 bits per heavy atom. The van der Waals surface area contributed by atoms with E-state index in [-0.39, 0.29) is 12.5 Å². The van der Waals surface area contributed by atoms with Crippen molar-refractivity contribution in [2.45, 2.75) is 13.0 Å². The molecule has 1 amide bonds. The number of hydrogen-bond donors (Lipinski definition) is 4. The second-order valence-corrected chi connectivity index (χ2v) is 7.70. The molecule has 1 aromatic carbocycles. The van der Waals surface area contributed by atoms with Crippen molar-refractivity contribution in [1.82, 2.24) is 15.3 Å². The number of fused-ring (bicyclic) bond motifs is 1. The molecule has 4 rings (SSSR count). The lowest BCUT2D eigenvalue weighted by molar-refractivity contribution is 0.0921. The Bertz CT molecular complexity index is 1100. The zero-order valence-electron chi connectivity index (χ0n) is 15.3. The third kappa shape index (κ3) is 3.62. The molecule has 6 nitrogen and oxygen atoms in total. The van der Waals surface area contributed by atoms with Crippen LogP contribution in [-0.2, 0) is 0 Å². The van der Waals surface area contributed by atoms with Crippen molar-refractivity contribution in [3.63, 3.8) is 0 Å². The van der Waals surface area contributed by atoms with E-state index in [2.05, 4.69) is 20.6 Å². The number of aliphatic hydroxyl groups excluding tert-OH is 1. The second-order valence-electron chi connectivity index (χ2n) is 6.44. The minimum Gasteiger partial charge on any atom is -0.394 e. The van der Waals surface area contributed by atoms with Gasteiger partial charge in [-0.15, -0.1) is 11.3 Å². The molecule has 0 radical (unpaired) electrons. The van der Waals surface area contributed by atoms with Gasteiger partial charge in [0.1, 0.15) is 10.5 Å². The summed E-state index contributed by atoms with van der Waals surface area (Å²) in [5.41, 5.74) is 3.26. The van der Waals surface area contributed by atoms with Gasteiger partial charge in [-0.3, -0.25) is 4.79 Å². The molecule has 0 unspecified atom stereocenters. The highest BCUT2D eigenvalue weighted by Crippen LogP contribution is 2.32. The van der Waals surface area contributed by atoms with E-state index >= 15 is 0 Å². The van der Waals surface area contributed by atoms with Crippen LogP contribution < -0.4 is 10.6 Å². The number of anilines is 2. The van der Waals surface area contributed by atoms with Gasteiger partial charge in [0.05, 0.1) is 24.0 Å². The molecule has 0 spiro atoms. The molecule has 1 atom stereocenters. The Balaban J connectivity index is 1.60. The average Bonchev–Trinajstić information content (AvgIpc) is 3.33. The molecule has 142 valence electrons. The summed E-state index contributed by atoms with van der Waals surface area (Å²) in [5.74, 6) is -0.220. The van der Waals surface area contributed by atoms with Crippen LogP contribution in [0.4, 0.5) is 11.4 Å². The Kier molecular flexibility index (Phi) is 5.10. The number of nitrogens with one attached hydrogen (secondary N) is 3. The molecule has 0 aliphatic carbocycles. The number of carbonyl (C=O) groups excluding carboxylic acids is 1. The van der Waals surface area contributed by atoms with Crippen LogP contribution in [0, 0.1) is 6.92 Å². The molecular formula is C21H20N4O2S. The van der Waals surface area contributed by atoms with Crippen molar-refractivity contribution in [2.24, 2.45) is 0 Å². The first-order valence-corrected chi connectivity index (χ1v) is 9.73. The van der Waals surface area contributed by atoms with Gasteiger partial charge in [0, 0.05) is 22.7 Å². The molecule has 3 aromatic heterocycles. The van der Waals surface area contributed by atoms with Crippen molar-refractivity contribution >= 4 is 39.7 Å². The van der Waals surface area contributed by atoms with Crippen LogP contribution in [0.2, 0.25) is 0 Å². The number of aryl methyl sites for hydroxylation is 1. The number of aliphatic hydroxyl groups is 1. The van der Waals surface area contributed by atoms with Gasteiger partial charge in [0.2, 0.25) is 0 Å². The molecule has 0 saturated carbocycles. The highest BCUT2D eigenvalue weighted by molar-refractivity contribution is 7.14. The Morgan fingerprint density at radius 2 is 2.04 bits per heavy atom. The first-order valence-electron chi connectivity index (χ1n) is 8.92. The fourth-order valence-corrected chi connectivity index (χ4v) is 4.00. The number of carbonyl (C=O) groups is 1. The molecular weight excluding hydrogens is 372 g/mol. The van der Waals surface area contributed by atoms with Gasteiger partial charge < -0.3 is 20.7 Å². The van der Waals surface area contributed by atoms with Gasteiger partial charge in [0.15, 0.2) is 0 Å². The number of amides is 1. The minimum atomic E-state index is -0.457. The number of nitrogens with zero attached hydrogens (tertiary/aromatic N) is 1. The van der Waals surface area contributed by atoms with Crippen LogP contribution in [0.1, 0.15) is 26.2 Å². The van der Waals surface area contributed by atoms with E-state index in [1.165, 1.54) is 11.3 Å². The van der Waals surface area contributed by atoms with E-state index in [9.17, 15) is 9.90 Å². The average molecular weight is 392 g/mol. The van der Waals surface area contributed by atoms with E-state index in [0.717, 1.165) is 32.8 Å². The number of H-pyrrole nitrogens is 1. The molecule has 4 N–H and O–H groups in total. The summed E-state index contributed by atoms with van der Waals surface area (Å²) in [7, 11) is 0. The summed E-state index contributed by atoms with van der Waals surface area (Å²) in [4.78, 5) is 21.9. The molecule has 7 heteroatoms. The zero-order valence-corrected chi connectivity index (χ0v) is 16.1. The van der Waals surface area contributed by atoms with Crippen molar-refractivity contribution in [3.8, 4) is 0 Å². The number of pyridine rings is 1. The fraction of sp³-hybridized carbons (Fsp3) is 0.143. The SMILES string of the molecule is Cc1cc(Nc2ccnc3[nH]ccc23)c(C(=O)N[C@H](CO)c2ccccc2)s1. The Labute approximate surface area is 166 Å². The van der Waals surface area contributed by atoms with Crippen LogP contribution in [0.15, 0.2) is 60.9 Å². The third-order valence-corrected chi connectivity index (χ3v) is 5.53. The van der Waals surface area contributed by atoms with Gasteiger partial charge >= 0.3 is 0 Å². The molecule has 0 aliphatic heterocycles. The largest absolute Gasteiger partial charge is 0.394 e. The number of aromatic amines is 1. The highest BCUT2D eigenvalue weighted by Gasteiger charge is 2.20. The fourth-order valence-electron chi connectivity index (χ4n) is 3.13. The van der Waals surface area contributed by atoms with Crippen molar-refractivity contribution in [1.29, 1.82) is 0 Å². The molecule has 0 bridgehead atoms. The molecule has 0 saturated heterocycles. The maximum Gasteiger partial charge on any atom is 0.264 e. The maximum atomic E-state index is 13.0. The van der Waals surface area contributed by atoms with Gasteiger partial charge in [-0.1, -0.05) is 30.3 Å². The quantitative estimate of drug-likeness (QED) is 0.397. The summed E-state index contributed by atoms with van der Waals surface area (Å²) >= 11 is 1.42. The summed E-state index contributed by atoms with van der Waals surface area (Å²) in [6.45, 7) is 1.79. The minimum absolute atomic E-state index is 0.169. The molecule has 4 aromatic rings. The van der Waals surface area contributed by atoms with E-state index < -0.39 is 6.04 Å². The van der Waals surface area contributed by atoms with Gasteiger partial charge in [-0.05, 0) is 30.7 Å². The molecule has 3 heterocycles. The normalized spacial score (nSPS) is 12.1. The first-order chi connectivity index (χ1) is 13.7. The van der Waals surface area contributed by atoms with Gasteiger partial charge in [-0.2, -0.15) is 0 Å². The van der Waals surface area contributed by atoms with Crippen LogP contribution in [0.25, 0.3) is 11.0 Å². The van der Waals surface area contributed by atoms with Crippen LogP contribution in [0.5, 0.6) is 0 Å². The topological polar surface area (TPSA) is 90.0 Å². The van der Waals surface area contributed by atoms with Crippen molar-refractivity contribution in [3.05, 3.63) is 76.2 Å². The predicted octanol–water partition coefficient (Wildman–Crippen LogP) is 4.14. The lowest BCUT2D eigenvalue weighted by Gasteiger charge is -2.17. The lowest BCUT2D eigenvalue weighted by Crippen LogP contribution is -2.30. The van der Waals surface area contributed by atoms with Crippen LogP contribution in [0.3, 0.4) is 0 Å². The van der Waals surface area contributed by atoms with Gasteiger partial charge in [-0.25, -0.2) is 4.98 Å². The number of benzene rings is 1. The molecule has 0 fully saturated rings. The van der Waals surface area contributed by atoms with Crippen molar-refractivity contribution < 1.29 is 9.90 Å². The standard InChI is InChI=1S/C21H20N4O2S/c1-13-11-17(24-16-8-10-23-20-15(16)7-9-22-20)19(28-13)21(27)25-18(12-26)14-5-3-2-4-6-14/h2-11,18,26H,12H2,1H3,(H,25,27)(H2,22,23,24)/t18-/m1/s1. The number of thiophene rings is 1. The number of rotatable bonds is 6. The lowest BCUT2D eigenvalue weighted by atomic mass is 10.1. The summed E-state index contributed by atoms with van der Waals surface area (Å²) < 4.78 is 0. The monoisotopic (exact) mass is 392 g/mol. The summed E-state index contributed by atoms with van der Waals surface area (Å²) in [6.07, 6.45) is 3.55. The Hall–Kier alpha value is -3.16.